The molecule has 4 heteroatoms. The van der Waals surface area contributed by atoms with E-state index in [0.717, 1.165) is 5.65 Å². The molecule has 50 valence electrons. The van der Waals surface area contributed by atoms with Crippen LogP contribution >= 0.6 is 0 Å². The van der Waals surface area contributed by atoms with Gasteiger partial charge in [-0.15, -0.1) is 10.2 Å². The van der Waals surface area contributed by atoms with Gasteiger partial charge in [-0.05, 0) is 12.1 Å². The molecule has 0 unspecified atom stereocenters. The average molecular weight is 135 g/mol. The van der Waals surface area contributed by atoms with Crippen LogP contribution in [0.3, 0.4) is 0 Å². The Labute approximate surface area is 56.8 Å². The Balaban J connectivity index is 2.86. The molecule has 0 aromatic carbocycles. The monoisotopic (exact) mass is 135 g/mol. The van der Waals surface area contributed by atoms with Gasteiger partial charge in [-0.3, -0.25) is 0 Å². The molecule has 2 aromatic heterocycles. The minimum atomic E-state index is -0.0660. The minimum absolute atomic E-state index is 0.0660. The summed E-state index contributed by atoms with van der Waals surface area (Å²) in [6.45, 7) is 0. The van der Waals surface area contributed by atoms with Crippen LogP contribution in [0.4, 0.5) is 0 Å². The van der Waals surface area contributed by atoms with E-state index < -0.39 is 0 Å². The largest absolute Gasteiger partial charge is 0.491 e. The Kier molecular flexibility index (Phi) is 0.887. The van der Waals surface area contributed by atoms with Crippen LogP contribution in [0, 0.1) is 0 Å². The van der Waals surface area contributed by atoms with Crippen molar-refractivity contribution in [2.75, 3.05) is 0 Å². The molecule has 2 rings (SSSR count). The van der Waals surface area contributed by atoms with Crippen molar-refractivity contribution in [3.8, 4) is 5.88 Å². The second kappa shape index (κ2) is 1.70. The van der Waals surface area contributed by atoms with Crippen LogP contribution in [-0.4, -0.2) is 19.7 Å². The maximum absolute atomic E-state index is 8.85. The number of aromatic nitrogens is 3. The SMILES string of the molecule is Oc1cn2cccc2nn1. The first-order valence-electron chi connectivity index (χ1n) is 2.85. The lowest BCUT2D eigenvalue weighted by atomic mass is 10.6. The first-order valence-corrected chi connectivity index (χ1v) is 2.85. The summed E-state index contributed by atoms with van der Waals surface area (Å²) in [5.74, 6) is -0.0660. The topological polar surface area (TPSA) is 50.4 Å². The highest BCUT2D eigenvalue weighted by Crippen LogP contribution is 2.03. The van der Waals surface area contributed by atoms with Crippen LogP contribution in [0.15, 0.2) is 24.5 Å². The summed E-state index contributed by atoms with van der Waals surface area (Å²) in [5, 5.41) is 16.0. The number of aromatic hydroxyl groups is 1. The zero-order chi connectivity index (χ0) is 6.97. The van der Waals surface area contributed by atoms with Crippen LogP contribution in [0.1, 0.15) is 0 Å². The number of hydrogen-bond donors (Lipinski definition) is 1. The summed E-state index contributed by atoms with van der Waals surface area (Å²) in [6, 6.07) is 3.65. The van der Waals surface area contributed by atoms with Gasteiger partial charge in [0.1, 0.15) is 0 Å². The zero-order valence-electron chi connectivity index (χ0n) is 5.10. The molecule has 0 aliphatic rings. The molecule has 4 nitrogen and oxygen atoms in total. The molecule has 0 amide bonds. The predicted molar refractivity (Wildman–Crippen MR) is 34.7 cm³/mol. The van der Waals surface area contributed by atoms with Crippen LogP contribution < -0.4 is 0 Å². The summed E-state index contributed by atoms with van der Waals surface area (Å²) in [7, 11) is 0. The molecule has 0 saturated carbocycles. The molecule has 0 fully saturated rings. The van der Waals surface area contributed by atoms with Crippen molar-refractivity contribution in [3.05, 3.63) is 24.5 Å². The van der Waals surface area contributed by atoms with E-state index in [-0.39, 0.29) is 5.88 Å². The summed E-state index contributed by atoms with van der Waals surface area (Å²) in [4.78, 5) is 0. The van der Waals surface area contributed by atoms with Crippen molar-refractivity contribution >= 4 is 5.65 Å². The lowest BCUT2D eigenvalue weighted by Crippen LogP contribution is -1.87. The Bertz CT molecular complexity index is 355. The Morgan fingerprint density at radius 1 is 1.40 bits per heavy atom. The molecule has 0 radical (unpaired) electrons. The summed E-state index contributed by atoms with van der Waals surface area (Å²) in [6.07, 6.45) is 3.30. The van der Waals surface area contributed by atoms with Crippen molar-refractivity contribution in [1.82, 2.24) is 14.6 Å². The third-order valence-electron chi connectivity index (χ3n) is 1.27. The number of hydrogen-bond acceptors (Lipinski definition) is 3. The van der Waals surface area contributed by atoms with Crippen molar-refractivity contribution in [3.63, 3.8) is 0 Å². The fraction of sp³-hybridized carbons (Fsp3) is 0. The lowest BCUT2D eigenvalue weighted by molar-refractivity contribution is 0.441. The van der Waals surface area contributed by atoms with E-state index in [4.69, 9.17) is 5.11 Å². The van der Waals surface area contributed by atoms with Gasteiger partial charge in [0.25, 0.3) is 0 Å². The molecule has 10 heavy (non-hydrogen) atoms. The molecular formula is C6H5N3O. The highest BCUT2D eigenvalue weighted by Gasteiger charge is 1.93. The van der Waals surface area contributed by atoms with E-state index in [1.807, 2.05) is 12.1 Å². The maximum atomic E-state index is 8.85. The van der Waals surface area contributed by atoms with Crippen molar-refractivity contribution in [2.24, 2.45) is 0 Å². The summed E-state index contributed by atoms with van der Waals surface area (Å²) in [5.41, 5.74) is 0.734. The number of rotatable bonds is 0. The highest BCUT2D eigenvalue weighted by molar-refractivity contribution is 5.37. The van der Waals surface area contributed by atoms with E-state index in [9.17, 15) is 0 Å². The molecule has 2 aromatic rings. The van der Waals surface area contributed by atoms with Gasteiger partial charge >= 0.3 is 0 Å². The minimum Gasteiger partial charge on any atom is -0.491 e. The number of nitrogens with zero attached hydrogens (tertiary/aromatic N) is 3. The van der Waals surface area contributed by atoms with E-state index in [1.165, 1.54) is 6.20 Å². The molecular weight excluding hydrogens is 130 g/mol. The van der Waals surface area contributed by atoms with Gasteiger partial charge in [-0.1, -0.05) is 0 Å². The Hall–Kier alpha value is -1.58. The van der Waals surface area contributed by atoms with E-state index >= 15 is 0 Å². The average Bonchev–Trinajstić information content (AvgIpc) is 2.33. The third-order valence-corrected chi connectivity index (χ3v) is 1.27. The fourth-order valence-corrected chi connectivity index (χ4v) is 0.831. The molecule has 0 aliphatic heterocycles. The van der Waals surface area contributed by atoms with Gasteiger partial charge < -0.3 is 9.51 Å². The van der Waals surface area contributed by atoms with Gasteiger partial charge in [0, 0.05) is 6.20 Å². The lowest BCUT2D eigenvalue weighted by Gasteiger charge is -1.91. The third kappa shape index (κ3) is 0.621. The maximum Gasteiger partial charge on any atom is 0.247 e. The van der Waals surface area contributed by atoms with Gasteiger partial charge in [-0.2, -0.15) is 0 Å². The molecule has 0 spiro atoms. The molecule has 0 bridgehead atoms. The van der Waals surface area contributed by atoms with E-state index in [1.54, 1.807) is 10.6 Å². The van der Waals surface area contributed by atoms with Crippen LogP contribution in [0.25, 0.3) is 5.65 Å². The second-order valence-electron chi connectivity index (χ2n) is 1.96. The molecule has 0 aliphatic carbocycles. The van der Waals surface area contributed by atoms with Gasteiger partial charge in [-0.25, -0.2) is 0 Å². The first kappa shape index (κ1) is 5.22. The predicted octanol–water partition coefficient (Wildman–Crippen LogP) is 0.435. The summed E-state index contributed by atoms with van der Waals surface area (Å²) >= 11 is 0. The van der Waals surface area contributed by atoms with Gasteiger partial charge in [0.15, 0.2) is 5.65 Å². The molecule has 0 atom stereocenters. The van der Waals surface area contributed by atoms with Crippen LogP contribution in [0.5, 0.6) is 5.88 Å². The quantitative estimate of drug-likeness (QED) is 0.570. The molecule has 1 N–H and O–H groups in total. The van der Waals surface area contributed by atoms with Gasteiger partial charge in [0.05, 0.1) is 6.20 Å². The van der Waals surface area contributed by atoms with E-state index in [2.05, 4.69) is 10.2 Å². The number of fused-ring (bicyclic) bond motifs is 1. The normalized spacial score (nSPS) is 10.4. The molecule has 0 saturated heterocycles. The van der Waals surface area contributed by atoms with Crippen molar-refractivity contribution in [2.45, 2.75) is 0 Å². The highest BCUT2D eigenvalue weighted by atomic mass is 16.3. The second-order valence-corrected chi connectivity index (χ2v) is 1.96. The smallest absolute Gasteiger partial charge is 0.247 e. The zero-order valence-corrected chi connectivity index (χ0v) is 5.10. The molecule has 2 heterocycles. The van der Waals surface area contributed by atoms with Gasteiger partial charge in [0.2, 0.25) is 5.88 Å². The first-order chi connectivity index (χ1) is 4.86. The van der Waals surface area contributed by atoms with Crippen LogP contribution in [-0.2, 0) is 0 Å². The Morgan fingerprint density at radius 3 is 3.20 bits per heavy atom. The van der Waals surface area contributed by atoms with Crippen LogP contribution in [0.2, 0.25) is 0 Å². The standard InChI is InChI=1S/C6H5N3O/c10-6-4-9-3-1-2-5(9)7-8-6/h1-4,10H. The van der Waals surface area contributed by atoms with Crippen molar-refractivity contribution < 1.29 is 5.11 Å². The van der Waals surface area contributed by atoms with Crippen molar-refractivity contribution in [1.29, 1.82) is 0 Å². The fourth-order valence-electron chi connectivity index (χ4n) is 0.831. The van der Waals surface area contributed by atoms with E-state index in [0.29, 0.717) is 0 Å². The Morgan fingerprint density at radius 2 is 2.30 bits per heavy atom. The summed E-state index contributed by atoms with van der Waals surface area (Å²) < 4.78 is 1.70.